The summed E-state index contributed by atoms with van der Waals surface area (Å²) < 4.78 is 12.5. The Morgan fingerprint density at radius 2 is 2.38 bits per heavy atom. The molecule has 3 nitrogen and oxygen atoms in total. The van der Waals surface area contributed by atoms with E-state index in [-0.39, 0.29) is 17.0 Å². The van der Waals surface area contributed by atoms with Crippen LogP contribution in [0.5, 0.6) is 0 Å². The van der Waals surface area contributed by atoms with Gasteiger partial charge in [0.25, 0.3) is 5.91 Å². The molecular weight excluding hydrogens is 231 g/mol. The number of carbonyl (C=O) groups is 1. The van der Waals surface area contributed by atoms with Gasteiger partial charge in [-0.2, -0.15) is 0 Å². The molecule has 0 saturated carbocycles. The van der Waals surface area contributed by atoms with Crippen LogP contribution in [0.15, 0.2) is 18.3 Å². The second-order valence-corrected chi connectivity index (χ2v) is 4.29. The highest BCUT2D eigenvalue weighted by Crippen LogP contribution is 2.03. The van der Waals surface area contributed by atoms with Gasteiger partial charge in [-0.3, -0.25) is 4.79 Å². The van der Waals surface area contributed by atoms with E-state index in [1.54, 1.807) is 0 Å². The fraction of sp³-hybridized carbons (Fsp3) is 0.455. The summed E-state index contributed by atoms with van der Waals surface area (Å²) >= 11 is 5.76. The van der Waals surface area contributed by atoms with E-state index < -0.39 is 5.82 Å². The number of alkyl halides is 1. The summed E-state index contributed by atoms with van der Waals surface area (Å²) in [4.78, 5) is 15.2. The minimum absolute atomic E-state index is 0.112. The maximum Gasteiger partial charge on any atom is 0.269 e. The number of aromatic nitrogens is 1. The van der Waals surface area contributed by atoms with Gasteiger partial charge >= 0.3 is 0 Å². The first-order chi connectivity index (χ1) is 7.59. The van der Waals surface area contributed by atoms with Crippen LogP contribution in [0.3, 0.4) is 0 Å². The van der Waals surface area contributed by atoms with Crippen molar-refractivity contribution >= 4 is 17.5 Å². The molecule has 0 bridgehead atoms. The van der Waals surface area contributed by atoms with E-state index in [1.165, 1.54) is 12.1 Å². The van der Waals surface area contributed by atoms with Gasteiger partial charge in [0, 0.05) is 11.9 Å². The van der Waals surface area contributed by atoms with Crippen molar-refractivity contribution in [2.45, 2.75) is 25.1 Å². The van der Waals surface area contributed by atoms with Crippen LogP contribution in [0.2, 0.25) is 0 Å². The topological polar surface area (TPSA) is 42.0 Å². The maximum atomic E-state index is 12.5. The lowest BCUT2D eigenvalue weighted by Gasteiger charge is -2.05. The van der Waals surface area contributed by atoms with Gasteiger partial charge in [0.1, 0.15) is 11.5 Å². The molecule has 1 aromatic rings. The Morgan fingerprint density at radius 3 is 2.94 bits per heavy atom. The molecule has 0 radical (unpaired) electrons. The van der Waals surface area contributed by atoms with Crippen molar-refractivity contribution in [3.05, 3.63) is 29.8 Å². The molecule has 88 valence electrons. The third-order valence-corrected chi connectivity index (χ3v) is 2.24. The third-order valence-electron chi connectivity index (χ3n) is 2.02. The average molecular weight is 245 g/mol. The first-order valence-corrected chi connectivity index (χ1v) is 5.57. The number of hydrogen-bond acceptors (Lipinski definition) is 2. The fourth-order valence-corrected chi connectivity index (χ4v) is 1.34. The Balaban J connectivity index is 2.32. The number of nitrogens with zero attached hydrogens (tertiary/aromatic N) is 1. The molecule has 1 N–H and O–H groups in total. The van der Waals surface area contributed by atoms with Crippen molar-refractivity contribution in [3.63, 3.8) is 0 Å². The molecule has 0 aliphatic heterocycles. The zero-order chi connectivity index (χ0) is 12.0. The molecule has 1 aromatic heterocycles. The molecule has 1 rings (SSSR count). The molecule has 1 amide bonds. The van der Waals surface area contributed by atoms with Gasteiger partial charge in [-0.15, -0.1) is 11.6 Å². The van der Waals surface area contributed by atoms with Crippen molar-refractivity contribution in [1.82, 2.24) is 10.3 Å². The Labute approximate surface area is 99.0 Å². The summed E-state index contributed by atoms with van der Waals surface area (Å²) in [7, 11) is 0. The van der Waals surface area contributed by atoms with E-state index in [4.69, 9.17) is 11.6 Å². The molecule has 0 aromatic carbocycles. The normalized spacial score (nSPS) is 12.2. The van der Waals surface area contributed by atoms with E-state index in [2.05, 4.69) is 10.3 Å². The Morgan fingerprint density at radius 1 is 1.62 bits per heavy atom. The highest BCUT2D eigenvalue weighted by molar-refractivity contribution is 6.20. The molecule has 0 saturated heterocycles. The highest BCUT2D eigenvalue weighted by atomic mass is 35.5. The Bertz CT molecular complexity index is 340. The van der Waals surface area contributed by atoms with Crippen LogP contribution in [0.4, 0.5) is 4.39 Å². The Hall–Kier alpha value is -1.16. The van der Waals surface area contributed by atoms with Crippen molar-refractivity contribution < 1.29 is 9.18 Å². The second-order valence-electron chi connectivity index (χ2n) is 3.54. The summed E-state index contributed by atoms with van der Waals surface area (Å²) in [5.74, 6) is -0.741. The molecule has 1 unspecified atom stereocenters. The number of carbonyl (C=O) groups excluding carboxylic acids is 1. The lowest BCUT2D eigenvalue weighted by Crippen LogP contribution is -2.25. The van der Waals surface area contributed by atoms with E-state index in [0.29, 0.717) is 6.54 Å². The summed E-state index contributed by atoms with van der Waals surface area (Å²) in [5.41, 5.74) is 0.223. The molecule has 0 aliphatic carbocycles. The average Bonchev–Trinajstić information content (AvgIpc) is 2.25. The van der Waals surface area contributed by atoms with Crippen LogP contribution < -0.4 is 5.32 Å². The fourth-order valence-electron chi connectivity index (χ4n) is 1.19. The highest BCUT2D eigenvalue weighted by Gasteiger charge is 2.06. The number of halogens is 2. The molecule has 0 fully saturated rings. The SMILES string of the molecule is CC(Cl)CCCNC(=O)c1ccc(F)cn1. The molecule has 1 heterocycles. The van der Waals surface area contributed by atoms with E-state index >= 15 is 0 Å². The summed E-state index contributed by atoms with van der Waals surface area (Å²) in [6.45, 7) is 2.46. The first-order valence-electron chi connectivity index (χ1n) is 5.13. The van der Waals surface area contributed by atoms with Gasteiger partial charge < -0.3 is 5.32 Å². The minimum Gasteiger partial charge on any atom is -0.351 e. The van der Waals surface area contributed by atoms with Crippen LogP contribution in [-0.2, 0) is 0 Å². The third kappa shape index (κ3) is 4.57. The molecule has 5 heteroatoms. The number of nitrogens with one attached hydrogen (secondary N) is 1. The summed E-state index contributed by atoms with van der Waals surface area (Å²) in [6.07, 6.45) is 2.69. The molecular formula is C11H14ClFN2O. The first kappa shape index (κ1) is 12.9. The van der Waals surface area contributed by atoms with Gasteiger partial charge in [-0.1, -0.05) is 0 Å². The molecule has 1 atom stereocenters. The van der Waals surface area contributed by atoms with Crippen molar-refractivity contribution in [2.75, 3.05) is 6.54 Å². The largest absolute Gasteiger partial charge is 0.351 e. The van der Waals surface area contributed by atoms with Crippen LogP contribution in [0.25, 0.3) is 0 Å². The van der Waals surface area contributed by atoms with Gasteiger partial charge in [0.2, 0.25) is 0 Å². The molecule has 0 aliphatic rings. The van der Waals surface area contributed by atoms with Crippen LogP contribution in [0.1, 0.15) is 30.3 Å². The summed E-state index contributed by atoms with van der Waals surface area (Å²) in [5, 5.41) is 2.80. The number of pyridine rings is 1. The lowest BCUT2D eigenvalue weighted by atomic mass is 10.2. The number of rotatable bonds is 5. The zero-order valence-corrected chi connectivity index (χ0v) is 9.80. The number of amides is 1. The van der Waals surface area contributed by atoms with E-state index in [9.17, 15) is 9.18 Å². The standard InChI is InChI=1S/C11H14ClFN2O/c1-8(12)3-2-6-14-11(16)10-5-4-9(13)7-15-10/h4-5,7-8H,2-3,6H2,1H3,(H,14,16). The summed E-state index contributed by atoms with van der Waals surface area (Å²) in [6, 6.07) is 2.57. The van der Waals surface area contributed by atoms with Crippen molar-refractivity contribution in [3.8, 4) is 0 Å². The Kier molecular flexibility index (Phi) is 5.19. The van der Waals surface area contributed by atoms with Crippen molar-refractivity contribution in [2.24, 2.45) is 0 Å². The number of hydrogen-bond donors (Lipinski definition) is 1. The van der Waals surface area contributed by atoms with Gasteiger partial charge in [0.05, 0.1) is 6.20 Å². The molecule has 0 spiro atoms. The van der Waals surface area contributed by atoms with Gasteiger partial charge in [-0.25, -0.2) is 9.37 Å². The van der Waals surface area contributed by atoms with Gasteiger partial charge in [0.15, 0.2) is 0 Å². The molecule has 16 heavy (non-hydrogen) atoms. The predicted molar refractivity (Wildman–Crippen MR) is 61.1 cm³/mol. The minimum atomic E-state index is -0.451. The monoisotopic (exact) mass is 244 g/mol. The predicted octanol–water partition coefficient (Wildman–Crippen LogP) is 2.36. The lowest BCUT2D eigenvalue weighted by molar-refractivity contribution is 0.0948. The van der Waals surface area contributed by atoms with Crippen molar-refractivity contribution in [1.29, 1.82) is 0 Å². The van der Waals surface area contributed by atoms with Crippen LogP contribution in [0, 0.1) is 5.82 Å². The zero-order valence-electron chi connectivity index (χ0n) is 9.04. The van der Waals surface area contributed by atoms with Crippen LogP contribution >= 0.6 is 11.6 Å². The maximum absolute atomic E-state index is 12.5. The van der Waals surface area contributed by atoms with E-state index in [0.717, 1.165) is 19.0 Å². The van der Waals surface area contributed by atoms with E-state index in [1.807, 2.05) is 6.92 Å². The van der Waals surface area contributed by atoms with Gasteiger partial charge in [-0.05, 0) is 31.9 Å². The van der Waals surface area contributed by atoms with Crippen LogP contribution in [-0.4, -0.2) is 22.8 Å². The quantitative estimate of drug-likeness (QED) is 0.638. The smallest absolute Gasteiger partial charge is 0.269 e. The second kappa shape index (κ2) is 6.43.